The van der Waals surface area contributed by atoms with Crippen LogP contribution in [0, 0.1) is 0 Å². The van der Waals surface area contributed by atoms with Crippen molar-refractivity contribution in [3.63, 3.8) is 0 Å². The van der Waals surface area contributed by atoms with Gasteiger partial charge in [0.05, 0.1) is 12.4 Å². The Hall–Kier alpha value is -1.47. The van der Waals surface area contributed by atoms with Crippen molar-refractivity contribution in [2.75, 3.05) is 0 Å². The van der Waals surface area contributed by atoms with E-state index in [1.165, 1.54) is 35.5 Å². The molecule has 0 aliphatic carbocycles. The number of carbonyl (C=O) groups is 1. The van der Waals surface area contributed by atoms with Crippen LogP contribution in [0.3, 0.4) is 0 Å². The summed E-state index contributed by atoms with van der Waals surface area (Å²) in [5.74, 6) is -1.08. The highest BCUT2D eigenvalue weighted by atomic mass is 32.2. The van der Waals surface area contributed by atoms with Gasteiger partial charge < -0.3 is 5.11 Å². The number of nitrogens with zero attached hydrogens (tertiary/aromatic N) is 3. The van der Waals surface area contributed by atoms with Crippen LogP contribution in [0.25, 0.3) is 0 Å². The van der Waals surface area contributed by atoms with Crippen LogP contribution in [-0.4, -0.2) is 26.0 Å². The Kier molecular flexibility index (Phi) is 2.93. The number of hydrogen-bond acceptors (Lipinski definition) is 6. The highest BCUT2D eigenvalue weighted by Gasteiger charge is 2.06. The van der Waals surface area contributed by atoms with E-state index in [0.29, 0.717) is 5.03 Å². The number of aromatic carboxylic acids is 1. The van der Waals surface area contributed by atoms with Crippen molar-refractivity contribution >= 4 is 29.1 Å². The minimum atomic E-state index is -1.08. The number of thiazole rings is 1. The first-order chi connectivity index (χ1) is 7.25. The lowest BCUT2D eigenvalue weighted by molar-refractivity contribution is 0.0689. The maximum atomic E-state index is 10.5. The molecule has 2 heterocycles. The summed E-state index contributed by atoms with van der Waals surface area (Å²) in [6, 6.07) is 0. The summed E-state index contributed by atoms with van der Waals surface area (Å²) in [5, 5.41) is 11.1. The SMILES string of the molecule is O=C(O)c1cnc(Sc2nccs2)cn1. The van der Waals surface area contributed by atoms with E-state index in [1.54, 1.807) is 6.20 Å². The lowest BCUT2D eigenvalue weighted by Gasteiger charge is -1.96. The smallest absolute Gasteiger partial charge is 0.356 e. The Bertz CT molecular complexity index is 455. The molecule has 0 spiro atoms. The minimum Gasteiger partial charge on any atom is -0.476 e. The third kappa shape index (κ3) is 2.51. The van der Waals surface area contributed by atoms with Crippen molar-refractivity contribution in [2.24, 2.45) is 0 Å². The molecule has 0 aliphatic rings. The Labute approximate surface area is 93.2 Å². The van der Waals surface area contributed by atoms with Gasteiger partial charge in [-0.2, -0.15) is 0 Å². The number of rotatable bonds is 3. The number of carboxylic acids is 1. The summed E-state index contributed by atoms with van der Waals surface area (Å²) in [5.41, 5.74) is -0.0570. The van der Waals surface area contributed by atoms with Gasteiger partial charge in [-0.05, 0) is 11.8 Å². The lowest BCUT2D eigenvalue weighted by Crippen LogP contribution is -2.00. The van der Waals surface area contributed by atoms with Gasteiger partial charge in [0, 0.05) is 11.6 Å². The van der Waals surface area contributed by atoms with Crippen molar-refractivity contribution in [1.29, 1.82) is 0 Å². The molecule has 0 aliphatic heterocycles. The van der Waals surface area contributed by atoms with Crippen LogP contribution in [0.15, 0.2) is 33.3 Å². The van der Waals surface area contributed by atoms with Crippen molar-refractivity contribution < 1.29 is 9.90 Å². The third-order valence-electron chi connectivity index (χ3n) is 1.45. The van der Waals surface area contributed by atoms with E-state index in [-0.39, 0.29) is 5.69 Å². The van der Waals surface area contributed by atoms with Gasteiger partial charge in [-0.15, -0.1) is 11.3 Å². The molecule has 2 aromatic rings. The molecule has 15 heavy (non-hydrogen) atoms. The topological polar surface area (TPSA) is 76.0 Å². The molecule has 0 amide bonds. The first kappa shape index (κ1) is 10.1. The molecule has 0 atom stereocenters. The van der Waals surface area contributed by atoms with Gasteiger partial charge in [0.25, 0.3) is 0 Å². The maximum Gasteiger partial charge on any atom is 0.356 e. The molecule has 0 saturated heterocycles. The van der Waals surface area contributed by atoms with Crippen molar-refractivity contribution in [1.82, 2.24) is 15.0 Å². The second kappa shape index (κ2) is 4.37. The molecule has 0 saturated carbocycles. The highest BCUT2D eigenvalue weighted by Crippen LogP contribution is 2.26. The van der Waals surface area contributed by atoms with Crippen LogP contribution in [-0.2, 0) is 0 Å². The fraction of sp³-hybridized carbons (Fsp3) is 0. The Balaban J connectivity index is 2.14. The summed E-state index contributed by atoms with van der Waals surface area (Å²) >= 11 is 2.85. The van der Waals surface area contributed by atoms with Gasteiger partial charge in [-0.25, -0.2) is 19.7 Å². The van der Waals surface area contributed by atoms with E-state index in [4.69, 9.17) is 5.11 Å². The molecule has 5 nitrogen and oxygen atoms in total. The summed E-state index contributed by atoms with van der Waals surface area (Å²) in [6.45, 7) is 0. The predicted molar refractivity (Wildman–Crippen MR) is 55.2 cm³/mol. The van der Waals surface area contributed by atoms with Crippen LogP contribution < -0.4 is 0 Å². The maximum absolute atomic E-state index is 10.5. The molecule has 0 bridgehead atoms. The normalized spacial score (nSPS) is 10.1. The average molecular weight is 239 g/mol. The second-order valence-corrected chi connectivity index (χ2v) is 4.61. The van der Waals surface area contributed by atoms with Crippen molar-refractivity contribution in [3.8, 4) is 0 Å². The second-order valence-electron chi connectivity index (χ2n) is 2.45. The van der Waals surface area contributed by atoms with Gasteiger partial charge >= 0.3 is 5.97 Å². The zero-order valence-corrected chi connectivity index (χ0v) is 8.96. The Morgan fingerprint density at radius 3 is 2.73 bits per heavy atom. The number of carboxylic acid groups (broad SMARTS) is 1. The molecule has 7 heteroatoms. The standard InChI is InChI=1S/C8H5N3O2S2/c12-7(13)5-3-11-6(4-10-5)15-8-9-1-2-14-8/h1-4H,(H,12,13). The molecule has 0 aromatic carbocycles. The van der Waals surface area contributed by atoms with E-state index in [1.807, 2.05) is 5.38 Å². The van der Waals surface area contributed by atoms with Gasteiger partial charge in [-0.1, -0.05) is 0 Å². The molecule has 76 valence electrons. The van der Waals surface area contributed by atoms with E-state index in [9.17, 15) is 4.79 Å². The molecule has 1 N–H and O–H groups in total. The summed E-state index contributed by atoms with van der Waals surface area (Å²) in [4.78, 5) is 22.3. The zero-order chi connectivity index (χ0) is 10.7. The molecule has 2 aromatic heterocycles. The van der Waals surface area contributed by atoms with E-state index < -0.39 is 5.97 Å². The average Bonchev–Trinajstić information content (AvgIpc) is 2.71. The fourth-order valence-corrected chi connectivity index (χ4v) is 2.31. The number of hydrogen-bond donors (Lipinski definition) is 1. The monoisotopic (exact) mass is 239 g/mol. The van der Waals surface area contributed by atoms with Gasteiger partial charge in [0.2, 0.25) is 0 Å². The van der Waals surface area contributed by atoms with Crippen LogP contribution in [0.4, 0.5) is 0 Å². The quantitative estimate of drug-likeness (QED) is 0.879. The lowest BCUT2D eigenvalue weighted by atomic mass is 10.5. The van der Waals surface area contributed by atoms with Crippen LogP contribution >= 0.6 is 23.1 Å². The van der Waals surface area contributed by atoms with Gasteiger partial charge in [0.15, 0.2) is 10.0 Å². The minimum absolute atomic E-state index is 0.0570. The molecule has 0 unspecified atom stereocenters. The van der Waals surface area contributed by atoms with Crippen LogP contribution in [0.2, 0.25) is 0 Å². The first-order valence-electron chi connectivity index (χ1n) is 3.88. The summed E-state index contributed by atoms with van der Waals surface area (Å²) in [6.07, 6.45) is 4.36. The molecule has 0 fully saturated rings. The van der Waals surface area contributed by atoms with Crippen molar-refractivity contribution in [2.45, 2.75) is 9.37 Å². The summed E-state index contributed by atoms with van der Waals surface area (Å²) in [7, 11) is 0. The zero-order valence-electron chi connectivity index (χ0n) is 7.32. The molecular weight excluding hydrogens is 234 g/mol. The van der Waals surface area contributed by atoms with Gasteiger partial charge in [-0.3, -0.25) is 0 Å². The van der Waals surface area contributed by atoms with E-state index >= 15 is 0 Å². The fourth-order valence-electron chi connectivity index (χ4n) is 0.830. The third-order valence-corrected chi connectivity index (χ3v) is 3.25. The van der Waals surface area contributed by atoms with Gasteiger partial charge in [0.1, 0.15) is 5.03 Å². The largest absolute Gasteiger partial charge is 0.476 e. The Morgan fingerprint density at radius 1 is 1.33 bits per heavy atom. The Morgan fingerprint density at radius 2 is 2.20 bits per heavy atom. The van der Waals surface area contributed by atoms with E-state index in [0.717, 1.165) is 4.34 Å². The highest BCUT2D eigenvalue weighted by molar-refractivity contribution is 8.00. The molecule has 2 rings (SSSR count). The van der Waals surface area contributed by atoms with Crippen molar-refractivity contribution in [3.05, 3.63) is 29.7 Å². The van der Waals surface area contributed by atoms with Crippen LogP contribution in [0.1, 0.15) is 10.5 Å². The van der Waals surface area contributed by atoms with E-state index in [2.05, 4.69) is 15.0 Å². The predicted octanol–water partition coefficient (Wildman–Crippen LogP) is 1.78. The van der Waals surface area contributed by atoms with Crippen LogP contribution in [0.5, 0.6) is 0 Å². The first-order valence-corrected chi connectivity index (χ1v) is 5.58. The molecule has 0 radical (unpaired) electrons. The summed E-state index contributed by atoms with van der Waals surface area (Å²) < 4.78 is 0.854. The molecular formula is C8H5N3O2S2. The number of aromatic nitrogens is 3.